The van der Waals surface area contributed by atoms with Crippen LogP contribution in [0.2, 0.25) is 0 Å². The molecule has 3 nitrogen and oxygen atoms in total. The highest BCUT2D eigenvalue weighted by atomic mass is 15.0. The maximum Gasteiger partial charge on any atom is 0.0998 e. The second-order valence-electron chi connectivity index (χ2n) is 17.9. The molecule has 3 heteroatoms. The summed E-state index contributed by atoms with van der Waals surface area (Å²) in [4.78, 5) is 5.43. The molecule has 1 aliphatic carbocycles. The van der Waals surface area contributed by atoms with Gasteiger partial charge in [0.15, 0.2) is 0 Å². The Morgan fingerprint density at radius 1 is 0.379 bits per heavy atom. The minimum atomic E-state index is -0.165. The zero-order valence-electron chi connectivity index (χ0n) is 36.7. The average Bonchev–Trinajstić information content (AvgIpc) is 3.83. The van der Waals surface area contributed by atoms with Crippen molar-refractivity contribution in [3.05, 3.63) is 241 Å². The van der Waals surface area contributed by atoms with Gasteiger partial charge in [-0.25, -0.2) is 4.98 Å². The van der Waals surface area contributed by atoms with Gasteiger partial charge in [0.1, 0.15) is 0 Å². The Morgan fingerprint density at radius 2 is 0.939 bits per heavy atom. The van der Waals surface area contributed by atoms with Crippen molar-refractivity contribution in [3.8, 4) is 89.9 Å². The van der Waals surface area contributed by atoms with E-state index in [0.29, 0.717) is 5.56 Å². The molecule has 9 aromatic carbocycles. The molecule has 0 bridgehead atoms. The summed E-state index contributed by atoms with van der Waals surface area (Å²) in [5, 5.41) is 13.2. The van der Waals surface area contributed by atoms with Crippen LogP contribution in [0, 0.1) is 11.3 Å². The number of nitriles is 1. The van der Waals surface area contributed by atoms with E-state index < -0.39 is 0 Å². The molecule has 11 aromatic rings. The second-order valence-corrected chi connectivity index (χ2v) is 17.9. The largest absolute Gasteiger partial charge is 0.309 e. The number of nitrogens with zero attached hydrogens (tertiary/aromatic N) is 3. The van der Waals surface area contributed by atoms with Crippen LogP contribution in [0.25, 0.3) is 106 Å². The van der Waals surface area contributed by atoms with Gasteiger partial charge in [-0.1, -0.05) is 184 Å². The number of rotatable bonds is 7. The van der Waals surface area contributed by atoms with Crippen molar-refractivity contribution >= 4 is 21.8 Å². The first-order valence-corrected chi connectivity index (χ1v) is 22.6. The second kappa shape index (κ2) is 15.6. The minimum absolute atomic E-state index is 0.165. The Labute approximate surface area is 385 Å². The zero-order valence-corrected chi connectivity index (χ0v) is 36.7. The van der Waals surface area contributed by atoms with Gasteiger partial charge in [0.2, 0.25) is 0 Å². The van der Waals surface area contributed by atoms with Gasteiger partial charge in [0.25, 0.3) is 0 Å². The highest BCUT2D eigenvalue weighted by molar-refractivity contribution is 6.12. The quantitative estimate of drug-likeness (QED) is 0.160. The van der Waals surface area contributed by atoms with Gasteiger partial charge in [-0.2, -0.15) is 5.26 Å². The Bertz CT molecular complexity index is 3650. The van der Waals surface area contributed by atoms with Crippen LogP contribution >= 0.6 is 0 Å². The van der Waals surface area contributed by atoms with E-state index in [9.17, 15) is 5.26 Å². The number of fused-ring (bicyclic) bond motifs is 6. The molecule has 0 N–H and O–H groups in total. The summed E-state index contributed by atoms with van der Waals surface area (Å²) in [5.41, 5.74) is 21.3. The first-order chi connectivity index (χ1) is 32.4. The van der Waals surface area contributed by atoms with Gasteiger partial charge in [0, 0.05) is 33.0 Å². The molecule has 2 heterocycles. The molecule has 0 fully saturated rings. The molecular formula is C63H43N3. The third-order valence-electron chi connectivity index (χ3n) is 13.6. The minimum Gasteiger partial charge on any atom is -0.309 e. The molecule has 310 valence electrons. The van der Waals surface area contributed by atoms with Crippen LogP contribution in [0.3, 0.4) is 0 Å². The number of hydrogen-bond acceptors (Lipinski definition) is 2. The third kappa shape index (κ3) is 6.54. The van der Waals surface area contributed by atoms with Crippen LogP contribution in [-0.2, 0) is 5.41 Å². The molecule has 0 radical (unpaired) electrons. The highest BCUT2D eigenvalue weighted by Crippen LogP contribution is 2.51. The summed E-state index contributed by atoms with van der Waals surface area (Å²) in [6.45, 7) is 4.69. The van der Waals surface area contributed by atoms with E-state index in [1.165, 1.54) is 33.0 Å². The van der Waals surface area contributed by atoms with Crippen LogP contribution in [0.5, 0.6) is 0 Å². The van der Waals surface area contributed by atoms with E-state index in [2.05, 4.69) is 231 Å². The molecule has 1 aliphatic rings. The Morgan fingerprint density at radius 3 is 1.67 bits per heavy atom. The van der Waals surface area contributed by atoms with Gasteiger partial charge in [-0.3, -0.25) is 0 Å². The van der Waals surface area contributed by atoms with E-state index in [1.807, 2.05) is 18.2 Å². The fourth-order valence-electron chi connectivity index (χ4n) is 10.3. The maximum absolute atomic E-state index is 10.8. The molecule has 0 aliphatic heterocycles. The lowest BCUT2D eigenvalue weighted by molar-refractivity contribution is 0.661. The van der Waals surface area contributed by atoms with Crippen LogP contribution in [0.15, 0.2) is 224 Å². The zero-order chi connectivity index (χ0) is 44.4. The summed E-state index contributed by atoms with van der Waals surface area (Å²) >= 11 is 0. The third-order valence-corrected chi connectivity index (χ3v) is 13.6. The smallest absolute Gasteiger partial charge is 0.0998 e. The number of para-hydroxylation sites is 1. The Kier molecular flexibility index (Phi) is 9.22. The summed E-state index contributed by atoms with van der Waals surface area (Å²) in [6.07, 6.45) is 0. The lowest BCUT2D eigenvalue weighted by Crippen LogP contribution is -2.15. The molecule has 12 rings (SSSR count). The SMILES string of the molecule is CC1(C)c2ccccc2-c2cc3c4ccccc4n(-c4cc(-c5ccc(-c6ccc(-c7ccccc7)cc6)c(C#N)c5)cc(-c5cc(-c6ccccc6)cc(-c6ccccc6)n5)c4)c3cc21. The number of pyridine rings is 1. The lowest BCUT2D eigenvalue weighted by Gasteiger charge is -2.22. The fourth-order valence-corrected chi connectivity index (χ4v) is 10.3. The van der Waals surface area contributed by atoms with Crippen LogP contribution < -0.4 is 0 Å². The Hall–Kier alpha value is -8.58. The average molecular weight is 842 g/mol. The van der Waals surface area contributed by atoms with Crippen molar-refractivity contribution in [1.29, 1.82) is 5.26 Å². The van der Waals surface area contributed by atoms with E-state index in [4.69, 9.17) is 4.98 Å². The molecular weight excluding hydrogens is 799 g/mol. The highest BCUT2D eigenvalue weighted by Gasteiger charge is 2.36. The molecule has 0 unspecified atom stereocenters. The maximum atomic E-state index is 10.8. The Balaban J connectivity index is 1.09. The molecule has 2 aromatic heterocycles. The predicted octanol–water partition coefficient (Wildman–Crippen LogP) is 16.4. The van der Waals surface area contributed by atoms with Gasteiger partial charge in [-0.05, 0) is 121 Å². The summed E-state index contributed by atoms with van der Waals surface area (Å²) in [7, 11) is 0. The first-order valence-electron chi connectivity index (χ1n) is 22.6. The normalized spacial score (nSPS) is 12.5. The number of hydrogen-bond donors (Lipinski definition) is 0. The van der Waals surface area contributed by atoms with E-state index in [-0.39, 0.29) is 5.41 Å². The molecule has 0 amide bonds. The van der Waals surface area contributed by atoms with Crippen molar-refractivity contribution in [2.45, 2.75) is 19.3 Å². The van der Waals surface area contributed by atoms with Crippen molar-refractivity contribution < 1.29 is 0 Å². The van der Waals surface area contributed by atoms with Crippen molar-refractivity contribution in [2.24, 2.45) is 0 Å². The van der Waals surface area contributed by atoms with Crippen LogP contribution in [0.1, 0.15) is 30.5 Å². The molecule has 0 saturated carbocycles. The van der Waals surface area contributed by atoms with Gasteiger partial charge in [-0.15, -0.1) is 0 Å². The fraction of sp³-hybridized carbons (Fsp3) is 0.0476. The molecule has 0 saturated heterocycles. The van der Waals surface area contributed by atoms with Crippen molar-refractivity contribution in [2.75, 3.05) is 0 Å². The van der Waals surface area contributed by atoms with Crippen LogP contribution in [-0.4, -0.2) is 9.55 Å². The first kappa shape index (κ1) is 39.0. The molecule has 66 heavy (non-hydrogen) atoms. The summed E-state index contributed by atoms with van der Waals surface area (Å²) in [6, 6.07) is 82.4. The number of aromatic nitrogens is 2. The standard InChI is InChI=1S/C63H43N3/c1-63(2)57-24-14-12-22-53(57)55-38-56-54-23-13-15-25-61(54)66(62(56)39-58(55)63)51-34-47(46-30-31-52(50(32-46)40-64)44-28-26-43(27-29-44)41-16-6-3-7-17-41)33-49(35-51)60-37-48(42-18-8-4-9-19-42)36-59(65-60)45-20-10-5-11-21-45/h3-39H,1-2H3. The van der Waals surface area contributed by atoms with Crippen LogP contribution in [0.4, 0.5) is 0 Å². The van der Waals surface area contributed by atoms with E-state index in [0.717, 1.165) is 83.7 Å². The lowest BCUT2D eigenvalue weighted by atomic mass is 9.82. The number of benzene rings is 9. The van der Waals surface area contributed by atoms with Crippen molar-refractivity contribution in [3.63, 3.8) is 0 Å². The molecule has 0 spiro atoms. The molecule has 0 atom stereocenters. The van der Waals surface area contributed by atoms with E-state index in [1.54, 1.807) is 0 Å². The summed E-state index contributed by atoms with van der Waals surface area (Å²) < 4.78 is 2.43. The van der Waals surface area contributed by atoms with Gasteiger partial charge >= 0.3 is 0 Å². The van der Waals surface area contributed by atoms with Crippen molar-refractivity contribution in [1.82, 2.24) is 9.55 Å². The predicted molar refractivity (Wildman–Crippen MR) is 273 cm³/mol. The van der Waals surface area contributed by atoms with Gasteiger partial charge in [0.05, 0.1) is 34.1 Å². The summed E-state index contributed by atoms with van der Waals surface area (Å²) in [5.74, 6) is 0. The van der Waals surface area contributed by atoms with E-state index >= 15 is 0 Å². The van der Waals surface area contributed by atoms with Gasteiger partial charge < -0.3 is 4.57 Å². The monoisotopic (exact) mass is 841 g/mol. The topological polar surface area (TPSA) is 41.6 Å².